The highest BCUT2D eigenvalue weighted by Gasteiger charge is 2.11. The first-order valence-corrected chi connectivity index (χ1v) is 5.01. The standard InChI is InChI=1S/C11H13N2O2/c1-3-14-9-6-5-8-10(13-7-12-8)11(9)15-4-2/h5-6H,3-4H2,1-2H3,(H,12,13). The Kier molecular flexibility index (Phi) is 2.76. The van der Waals surface area contributed by atoms with Crippen LogP contribution >= 0.6 is 0 Å². The minimum Gasteiger partial charge on any atom is -0.490 e. The van der Waals surface area contributed by atoms with Crippen LogP contribution in [-0.4, -0.2) is 23.2 Å². The molecular formula is C11H13N2O2. The molecule has 1 aromatic heterocycles. The summed E-state index contributed by atoms with van der Waals surface area (Å²) in [7, 11) is 0. The van der Waals surface area contributed by atoms with Gasteiger partial charge < -0.3 is 14.5 Å². The Bertz CT molecular complexity index is 451. The molecule has 0 bridgehead atoms. The van der Waals surface area contributed by atoms with Gasteiger partial charge in [-0.3, -0.25) is 0 Å². The Morgan fingerprint density at radius 1 is 1.27 bits per heavy atom. The average molecular weight is 205 g/mol. The monoisotopic (exact) mass is 205 g/mol. The minimum absolute atomic E-state index is 0.589. The van der Waals surface area contributed by atoms with Gasteiger partial charge in [-0.2, -0.15) is 0 Å². The topological polar surface area (TPSA) is 47.1 Å². The summed E-state index contributed by atoms with van der Waals surface area (Å²) in [5.41, 5.74) is 1.67. The first kappa shape index (κ1) is 9.83. The predicted molar refractivity (Wildman–Crippen MR) is 57.3 cm³/mol. The Balaban J connectivity index is 2.53. The van der Waals surface area contributed by atoms with Crippen LogP contribution in [0.4, 0.5) is 0 Å². The van der Waals surface area contributed by atoms with Crippen LogP contribution < -0.4 is 9.47 Å². The number of H-pyrrole nitrogens is 1. The molecule has 1 aromatic carbocycles. The fraction of sp³-hybridized carbons (Fsp3) is 0.364. The Labute approximate surface area is 88.2 Å². The van der Waals surface area contributed by atoms with Gasteiger partial charge >= 0.3 is 0 Å². The van der Waals surface area contributed by atoms with Crippen molar-refractivity contribution >= 4 is 11.0 Å². The molecule has 0 aliphatic carbocycles. The van der Waals surface area contributed by atoms with E-state index in [9.17, 15) is 0 Å². The summed E-state index contributed by atoms with van der Waals surface area (Å²) in [6, 6.07) is 3.79. The van der Waals surface area contributed by atoms with Gasteiger partial charge in [0.2, 0.25) is 0 Å². The number of nitrogens with one attached hydrogen (secondary N) is 1. The normalized spacial score (nSPS) is 10.5. The summed E-state index contributed by atoms with van der Waals surface area (Å²) in [6.07, 6.45) is 2.70. The van der Waals surface area contributed by atoms with Crippen LogP contribution in [0.15, 0.2) is 12.1 Å². The van der Waals surface area contributed by atoms with Crippen LogP contribution in [0, 0.1) is 6.33 Å². The lowest BCUT2D eigenvalue weighted by atomic mass is 10.2. The number of nitrogens with zero attached hydrogens (tertiary/aromatic N) is 1. The highest BCUT2D eigenvalue weighted by Crippen LogP contribution is 2.33. The van der Waals surface area contributed by atoms with Gasteiger partial charge in [-0.25, -0.2) is 4.98 Å². The Hall–Kier alpha value is -1.71. The molecule has 4 heteroatoms. The lowest BCUT2D eigenvalue weighted by Gasteiger charge is -2.10. The smallest absolute Gasteiger partial charge is 0.189 e. The lowest BCUT2D eigenvalue weighted by Crippen LogP contribution is -1.98. The zero-order chi connectivity index (χ0) is 10.7. The van der Waals surface area contributed by atoms with Crippen LogP contribution in [0.2, 0.25) is 0 Å². The molecule has 0 spiro atoms. The molecule has 15 heavy (non-hydrogen) atoms. The van der Waals surface area contributed by atoms with Crippen molar-refractivity contribution in [3.63, 3.8) is 0 Å². The number of aromatic nitrogens is 2. The maximum atomic E-state index is 5.53. The molecule has 0 fully saturated rings. The number of hydrogen-bond acceptors (Lipinski definition) is 3. The molecule has 0 saturated carbocycles. The summed E-state index contributed by atoms with van der Waals surface area (Å²) in [4.78, 5) is 7.01. The predicted octanol–water partition coefficient (Wildman–Crippen LogP) is 2.16. The number of imidazole rings is 1. The first-order valence-electron chi connectivity index (χ1n) is 5.01. The van der Waals surface area contributed by atoms with Crippen molar-refractivity contribution in [1.82, 2.24) is 9.97 Å². The van der Waals surface area contributed by atoms with Crippen LogP contribution in [0.1, 0.15) is 13.8 Å². The second kappa shape index (κ2) is 4.21. The third-order valence-corrected chi connectivity index (χ3v) is 2.04. The molecule has 0 aliphatic rings. The summed E-state index contributed by atoms with van der Waals surface area (Å²) >= 11 is 0. The highest BCUT2D eigenvalue weighted by atomic mass is 16.5. The van der Waals surface area contributed by atoms with Crippen molar-refractivity contribution in [2.75, 3.05) is 13.2 Å². The molecule has 1 heterocycles. The van der Waals surface area contributed by atoms with E-state index in [-0.39, 0.29) is 0 Å². The summed E-state index contributed by atoms with van der Waals surface area (Å²) in [6.45, 7) is 5.08. The van der Waals surface area contributed by atoms with Crippen LogP contribution in [0.3, 0.4) is 0 Å². The van der Waals surface area contributed by atoms with E-state index in [4.69, 9.17) is 9.47 Å². The zero-order valence-corrected chi connectivity index (χ0v) is 8.83. The van der Waals surface area contributed by atoms with Gasteiger partial charge in [-0.05, 0) is 26.0 Å². The molecule has 4 nitrogen and oxygen atoms in total. The molecule has 0 amide bonds. The van der Waals surface area contributed by atoms with Gasteiger partial charge in [0.15, 0.2) is 17.8 Å². The van der Waals surface area contributed by atoms with Gasteiger partial charge in [-0.15, -0.1) is 0 Å². The van der Waals surface area contributed by atoms with E-state index >= 15 is 0 Å². The van der Waals surface area contributed by atoms with Crippen LogP contribution in [0.5, 0.6) is 11.5 Å². The molecule has 1 N–H and O–H groups in total. The molecule has 2 aromatic rings. The molecule has 0 saturated heterocycles. The molecule has 1 radical (unpaired) electrons. The SMILES string of the molecule is CCOc1ccc2[nH][c]nc2c1OCC. The maximum Gasteiger partial charge on any atom is 0.189 e. The van der Waals surface area contributed by atoms with Gasteiger partial charge in [0.25, 0.3) is 0 Å². The largest absolute Gasteiger partial charge is 0.490 e. The van der Waals surface area contributed by atoms with Crippen molar-refractivity contribution in [3.05, 3.63) is 18.5 Å². The number of hydrogen-bond donors (Lipinski definition) is 1. The summed E-state index contributed by atoms with van der Waals surface area (Å²) in [5.74, 6) is 1.42. The third-order valence-electron chi connectivity index (χ3n) is 2.04. The van der Waals surface area contributed by atoms with Crippen molar-refractivity contribution in [3.8, 4) is 11.5 Å². The van der Waals surface area contributed by atoms with E-state index in [0.29, 0.717) is 19.0 Å². The van der Waals surface area contributed by atoms with E-state index in [1.807, 2.05) is 26.0 Å². The Morgan fingerprint density at radius 2 is 2.07 bits per heavy atom. The lowest BCUT2D eigenvalue weighted by molar-refractivity contribution is 0.290. The van der Waals surface area contributed by atoms with Crippen molar-refractivity contribution in [1.29, 1.82) is 0 Å². The molecular weight excluding hydrogens is 192 g/mol. The molecule has 0 unspecified atom stereocenters. The number of fused-ring (bicyclic) bond motifs is 1. The van der Waals surface area contributed by atoms with Crippen LogP contribution in [-0.2, 0) is 0 Å². The van der Waals surface area contributed by atoms with Gasteiger partial charge in [-0.1, -0.05) is 0 Å². The van der Waals surface area contributed by atoms with Crippen LogP contribution in [0.25, 0.3) is 11.0 Å². The molecule has 0 aliphatic heterocycles. The van der Waals surface area contributed by atoms with Gasteiger partial charge in [0.1, 0.15) is 5.52 Å². The summed E-state index contributed by atoms with van der Waals surface area (Å²) < 4.78 is 11.0. The van der Waals surface area contributed by atoms with Crippen molar-refractivity contribution in [2.24, 2.45) is 0 Å². The maximum absolute atomic E-state index is 5.53. The number of rotatable bonds is 4. The van der Waals surface area contributed by atoms with Gasteiger partial charge in [0.05, 0.1) is 18.7 Å². The average Bonchev–Trinajstić information content (AvgIpc) is 2.70. The quantitative estimate of drug-likeness (QED) is 0.832. The molecule has 2 rings (SSSR count). The van der Waals surface area contributed by atoms with E-state index in [1.165, 1.54) is 0 Å². The van der Waals surface area contributed by atoms with Crippen molar-refractivity contribution < 1.29 is 9.47 Å². The fourth-order valence-electron chi connectivity index (χ4n) is 1.46. The molecule has 79 valence electrons. The Morgan fingerprint density at radius 3 is 2.80 bits per heavy atom. The zero-order valence-electron chi connectivity index (χ0n) is 8.83. The number of aromatic amines is 1. The number of ether oxygens (including phenoxy) is 2. The van der Waals surface area contributed by atoms with E-state index < -0.39 is 0 Å². The van der Waals surface area contributed by atoms with Crippen molar-refractivity contribution in [2.45, 2.75) is 13.8 Å². The number of benzene rings is 1. The van der Waals surface area contributed by atoms with Gasteiger partial charge in [0, 0.05) is 0 Å². The second-order valence-electron chi connectivity index (χ2n) is 3.00. The molecule has 0 atom stereocenters. The highest BCUT2D eigenvalue weighted by molar-refractivity contribution is 5.84. The minimum atomic E-state index is 0.589. The third kappa shape index (κ3) is 1.75. The van der Waals surface area contributed by atoms with E-state index in [2.05, 4.69) is 16.3 Å². The first-order chi connectivity index (χ1) is 7.36. The van der Waals surface area contributed by atoms with E-state index in [0.717, 1.165) is 16.8 Å². The summed E-state index contributed by atoms with van der Waals surface area (Å²) in [5, 5.41) is 0. The second-order valence-corrected chi connectivity index (χ2v) is 3.00. The van der Waals surface area contributed by atoms with E-state index in [1.54, 1.807) is 0 Å². The fourth-order valence-corrected chi connectivity index (χ4v) is 1.46.